The predicted octanol–water partition coefficient (Wildman–Crippen LogP) is 1.41. The maximum Gasteiger partial charge on any atom is 0.202 e. The van der Waals surface area contributed by atoms with Crippen LogP contribution in [0.4, 0.5) is 5.95 Å². The lowest BCUT2D eigenvalue weighted by Gasteiger charge is -2.31. The van der Waals surface area contributed by atoms with E-state index in [2.05, 4.69) is 27.1 Å². The lowest BCUT2D eigenvalue weighted by atomic mass is 9.97. The van der Waals surface area contributed by atoms with Gasteiger partial charge in [0.1, 0.15) is 0 Å². The summed E-state index contributed by atoms with van der Waals surface area (Å²) in [7, 11) is 2.03. The monoisotopic (exact) mass is 222 g/mol. The number of aryl methyl sites for hydroxylation is 1. The number of imidazole rings is 1. The first-order chi connectivity index (χ1) is 7.83. The molecule has 0 radical (unpaired) electrons. The van der Waals surface area contributed by atoms with E-state index >= 15 is 0 Å². The van der Waals surface area contributed by atoms with Crippen molar-refractivity contribution in [2.24, 2.45) is 5.92 Å². The van der Waals surface area contributed by atoms with Crippen molar-refractivity contribution in [2.75, 3.05) is 31.6 Å². The first-order valence-electron chi connectivity index (χ1n) is 6.27. The zero-order valence-electron chi connectivity index (χ0n) is 10.3. The molecule has 4 heteroatoms. The number of aromatic amines is 1. The molecule has 1 aromatic heterocycles. The average molecular weight is 222 g/mol. The summed E-state index contributed by atoms with van der Waals surface area (Å²) in [6.45, 7) is 5.55. The van der Waals surface area contributed by atoms with Gasteiger partial charge >= 0.3 is 0 Å². The van der Waals surface area contributed by atoms with Gasteiger partial charge in [0.15, 0.2) is 0 Å². The van der Waals surface area contributed by atoms with Crippen LogP contribution < -0.4 is 10.2 Å². The van der Waals surface area contributed by atoms with Gasteiger partial charge in [-0.2, -0.15) is 0 Å². The lowest BCUT2D eigenvalue weighted by molar-refractivity contribution is 0.391. The normalized spacial score (nSPS) is 18.0. The van der Waals surface area contributed by atoms with E-state index in [-0.39, 0.29) is 0 Å². The highest BCUT2D eigenvalue weighted by Crippen LogP contribution is 2.20. The number of hydrogen-bond acceptors (Lipinski definition) is 3. The molecule has 2 N–H and O–H groups in total. The lowest BCUT2D eigenvalue weighted by Crippen LogP contribution is -2.37. The van der Waals surface area contributed by atoms with Crippen LogP contribution in [0.25, 0.3) is 0 Å². The van der Waals surface area contributed by atoms with E-state index in [0.29, 0.717) is 0 Å². The standard InChI is InChI=1S/C12H22N4/c1-3-11-9-14-12(15-11)16-6-4-10(5-7-16)8-13-2/h9-10,13H,3-8H2,1-2H3,(H,14,15). The fourth-order valence-electron chi connectivity index (χ4n) is 2.33. The Morgan fingerprint density at radius 3 is 2.81 bits per heavy atom. The highest BCUT2D eigenvalue weighted by Gasteiger charge is 2.20. The Balaban J connectivity index is 1.88. The summed E-state index contributed by atoms with van der Waals surface area (Å²) in [4.78, 5) is 10.2. The quantitative estimate of drug-likeness (QED) is 0.809. The number of nitrogens with one attached hydrogen (secondary N) is 2. The number of H-pyrrole nitrogens is 1. The number of piperidine rings is 1. The van der Waals surface area contributed by atoms with E-state index in [0.717, 1.165) is 37.9 Å². The van der Waals surface area contributed by atoms with Crippen molar-refractivity contribution >= 4 is 5.95 Å². The van der Waals surface area contributed by atoms with Crippen molar-refractivity contribution in [1.82, 2.24) is 15.3 Å². The SMILES string of the molecule is CCc1cnc(N2CCC(CNC)CC2)[nH]1. The van der Waals surface area contributed by atoms with Crippen molar-refractivity contribution in [3.05, 3.63) is 11.9 Å². The molecule has 1 fully saturated rings. The molecule has 0 aromatic carbocycles. The molecule has 0 spiro atoms. The van der Waals surface area contributed by atoms with Crippen molar-refractivity contribution < 1.29 is 0 Å². The minimum atomic E-state index is 0.835. The van der Waals surface area contributed by atoms with E-state index in [1.165, 1.54) is 18.5 Å². The molecule has 1 aromatic rings. The molecule has 4 nitrogen and oxygen atoms in total. The summed E-state index contributed by atoms with van der Waals surface area (Å²) in [6.07, 6.45) is 5.52. The Morgan fingerprint density at radius 2 is 2.25 bits per heavy atom. The molecular formula is C12H22N4. The molecular weight excluding hydrogens is 200 g/mol. The molecule has 1 saturated heterocycles. The van der Waals surface area contributed by atoms with Gasteiger partial charge in [0.05, 0.1) is 6.20 Å². The van der Waals surface area contributed by atoms with Gasteiger partial charge in [-0.1, -0.05) is 6.92 Å². The zero-order chi connectivity index (χ0) is 11.4. The smallest absolute Gasteiger partial charge is 0.202 e. The van der Waals surface area contributed by atoms with E-state index in [1.807, 2.05) is 13.2 Å². The maximum absolute atomic E-state index is 4.44. The molecule has 0 saturated carbocycles. The van der Waals surface area contributed by atoms with Gasteiger partial charge in [-0.15, -0.1) is 0 Å². The van der Waals surface area contributed by atoms with Crippen molar-refractivity contribution in [3.8, 4) is 0 Å². The van der Waals surface area contributed by atoms with E-state index in [9.17, 15) is 0 Å². The molecule has 2 heterocycles. The van der Waals surface area contributed by atoms with Gasteiger partial charge in [0, 0.05) is 18.8 Å². The minimum absolute atomic E-state index is 0.835. The fourth-order valence-corrected chi connectivity index (χ4v) is 2.33. The molecule has 1 aliphatic heterocycles. The number of anilines is 1. The molecule has 0 amide bonds. The second kappa shape index (κ2) is 5.34. The van der Waals surface area contributed by atoms with Crippen molar-refractivity contribution in [2.45, 2.75) is 26.2 Å². The Kier molecular flexibility index (Phi) is 3.83. The third kappa shape index (κ3) is 2.55. The van der Waals surface area contributed by atoms with Crippen LogP contribution in [0.1, 0.15) is 25.5 Å². The summed E-state index contributed by atoms with van der Waals surface area (Å²) < 4.78 is 0. The summed E-state index contributed by atoms with van der Waals surface area (Å²) in [5.74, 6) is 1.89. The molecule has 16 heavy (non-hydrogen) atoms. The summed E-state index contributed by atoms with van der Waals surface area (Å²) in [5.41, 5.74) is 1.23. The van der Waals surface area contributed by atoms with Crippen LogP contribution in [0.3, 0.4) is 0 Å². The van der Waals surface area contributed by atoms with Crippen LogP contribution >= 0.6 is 0 Å². The Bertz CT molecular complexity index is 313. The average Bonchev–Trinajstić information content (AvgIpc) is 2.79. The first kappa shape index (κ1) is 11.5. The molecule has 0 bridgehead atoms. The van der Waals surface area contributed by atoms with Crippen LogP contribution in [0, 0.1) is 5.92 Å². The number of nitrogens with zero attached hydrogens (tertiary/aromatic N) is 2. The third-order valence-corrected chi connectivity index (χ3v) is 3.40. The third-order valence-electron chi connectivity index (χ3n) is 3.40. The largest absolute Gasteiger partial charge is 0.342 e. The van der Waals surface area contributed by atoms with Crippen molar-refractivity contribution in [3.63, 3.8) is 0 Å². The first-order valence-corrected chi connectivity index (χ1v) is 6.27. The highest BCUT2D eigenvalue weighted by atomic mass is 15.3. The van der Waals surface area contributed by atoms with E-state index in [1.54, 1.807) is 0 Å². The molecule has 0 unspecified atom stereocenters. The molecule has 0 aliphatic carbocycles. The van der Waals surface area contributed by atoms with Gasteiger partial charge in [0.25, 0.3) is 0 Å². The summed E-state index contributed by atoms with van der Waals surface area (Å²) >= 11 is 0. The van der Waals surface area contributed by atoms with Gasteiger partial charge in [-0.25, -0.2) is 4.98 Å². The van der Waals surface area contributed by atoms with E-state index < -0.39 is 0 Å². The topological polar surface area (TPSA) is 44.0 Å². The van der Waals surface area contributed by atoms with Crippen LogP contribution in [-0.2, 0) is 6.42 Å². The minimum Gasteiger partial charge on any atom is -0.342 e. The van der Waals surface area contributed by atoms with Crippen LogP contribution in [-0.4, -0.2) is 36.6 Å². The Hall–Kier alpha value is -1.03. The molecule has 90 valence electrons. The second-order valence-corrected chi connectivity index (χ2v) is 4.57. The number of hydrogen-bond donors (Lipinski definition) is 2. The van der Waals surface area contributed by atoms with E-state index in [4.69, 9.17) is 0 Å². The van der Waals surface area contributed by atoms with Gasteiger partial charge in [0.2, 0.25) is 5.95 Å². The second-order valence-electron chi connectivity index (χ2n) is 4.57. The van der Waals surface area contributed by atoms with Gasteiger partial charge in [-0.05, 0) is 38.8 Å². The molecule has 0 atom stereocenters. The molecule has 1 aliphatic rings. The Morgan fingerprint density at radius 1 is 1.50 bits per heavy atom. The van der Waals surface area contributed by atoms with Crippen LogP contribution in [0.5, 0.6) is 0 Å². The number of rotatable bonds is 4. The molecule has 2 rings (SSSR count). The predicted molar refractivity (Wildman–Crippen MR) is 66.8 cm³/mol. The van der Waals surface area contributed by atoms with Crippen LogP contribution in [0.15, 0.2) is 6.20 Å². The maximum atomic E-state index is 4.44. The van der Waals surface area contributed by atoms with Gasteiger partial charge in [-0.3, -0.25) is 0 Å². The Labute approximate surface area is 97.4 Å². The fraction of sp³-hybridized carbons (Fsp3) is 0.750. The van der Waals surface area contributed by atoms with Gasteiger partial charge < -0.3 is 15.2 Å². The summed E-state index contributed by atoms with van der Waals surface area (Å²) in [5, 5.41) is 3.26. The van der Waals surface area contributed by atoms with Crippen molar-refractivity contribution in [1.29, 1.82) is 0 Å². The van der Waals surface area contributed by atoms with Crippen LogP contribution in [0.2, 0.25) is 0 Å². The highest BCUT2D eigenvalue weighted by molar-refractivity contribution is 5.31. The summed E-state index contributed by atoms with van der Waals surface area (Å²) in [6, 6.07) is 0. The zero-order valence-corrected chi connectivity index (χ0v) is 10.3. The number of aromatic nitrogens is 2.